The molecule has 2 aromatic rings. The first-order chi connectivity index (χ1) is 10.2. The van der Waals surface area contributed by atoms with Crippen LogP contribution in [0.25, 0.3) is 10.8 Å². The van der Waals surface area contributed by atoms with Gasteiger partial charge in [0.15, 0.2) is 10.8 Å². The van der Waals surface area contributed by atoms with Crippen LogP contribution in [0.1, 0.15) is 28.2 Å². The molecule has 128 valence electrons. The highest BCUT2D eigenvalue weighted by Crippen LogP contribution is 2.30. The number of hydrogen-bond donors (Lipinski definition) is 1. The van der Waals surface area contributed by atoms with Gasteiger partial charge >= 0.3 is 0 Å². The van der Waals surface area contributed by atoms with Crippen LogP contribution in [0.15, 0.2) is 22.8 Å². The van der Waals surface area contributed by atoms with E-state index in [0.717, 1.165) is 41.6 Å². The topological polar surface area (TPSA) is 58.4 Å². The van der Waals surface area contributed by atoms with E-state index < -0.39 is 0 Å². The second kappa shape index (κ2) is 8.68. The van der Waals surface area contributed by atoms with E-state index in [1.165, 1.54) is 11.3 Å². The van der Waals surface area contributed by atoms with E-state index in [2.05, 4.69) is 10.3 Å². The molecule has 8 heteroatoms. The number of nitrogens with zero attached hydrogens (tertiary/aromatic N) is 2. The number of rotatable bonds is 4. The van der Waals surface area contributed by atoms with Crippen LogP contribution in [0.5, 0.6) is 0 Å². The molecule has 5 nitrogen and oxygen atoms in total. The third-order valence-corrected chi connectivity index (χ3v) is 4.79. The summed E-state index contributed by atoms with van der Waals surface area (Å²) in [5.41, 5.74) is 0.564. The summed E-state index contributed by atoms with van der Waals surface area (Å²) < 4.78 is 5.37. The predicted octanol–water partition coefficient (Wildman–Crippen LogP) is 3.38. The zero-order valence-corrected chi connectivity index (χ0v) is 15.5. The lowest BCUT2D eigenvalue weighted by Crippen LogP contribution is -2.41. The Labute approximate surface area is 152 Å². The Bertz CT molecular complexity index is 631. The van der Waals surface area contributed by atoms with E-state index in [9.17, 15) is 4.79 Å². The Morgan fingerprint density at radius 1 is 1.52 bits per heavy atom. The van der Waals surface area contributed by atoms with Crippen molar-refractivity contribution in [3.05, 3.63) is 29.0 Å². The lowest BCUT2D eigenvalue weighted by Gasteiger charge is -2.23. The van der Waals surface area contributed by atoms with Crippen LogP contribution in [-0.2, 0) is 0 Å². The number of aromatic nitrogens is 1. The first kappa shape index (κ1) is 20.0. The highest BCUT2D eigenvalue weighted by Gasteiger charge is 2.31. The van der Waals surface area contributed by atoms with Gasteiger partial charge in [-0.15, -0.1) is 36.2 Å². The number of aryl methyl sites for hydroxylation is 1. The van der Waals surface area contributed by atoms with Gasteiger partial charge in [-0.05, 0) is 38.9 Å². The highest BCUT2D eigenvalue weighted by atomic mass is 35.5. The van der Waals surface area contributed by atoms with Gasteiger partial charge in [-0.3, -0.25) is 4.79 Å². The summed E-state index contributed by atoms with van der Waals surface area (Å²) in [6, 6.07) is 3.97. The quantitative estimate of drug-likeness (QED) is 0.886. The minimum absolute atomic E-state index is 0. The zero-order valence-electron chi connectivity index (χ0n) is 13.1. The van der Waals surface area contributed by atoms with Crippen molar-refractivity contribution in [2.45, 2.75) is 25.8 Å². The zero-order chi connectivity index (χ0) is 14.8. The standard InChI is InChI=1S/C15H19N3O2S.2ClH/c1-10-13(17-14(21-10)12-6-4-8-20-12)15(19)18-7-3-5-11(18)9-16-2;;/h4,6,8,11,16H,3,5,7,9H2,1-2H3;2*1H. The molecule has 1 atom stereocenters. The number of carbonyl (C=O) groups is 1. The van der Waals surface area contributed by atoms with Crippen molar-refractivity contribution >= 4 is 42.1 Å². The Hall–Kier alpha value is -1.08. The molecule has 23 heavy (non-hydrogen) atoms. The Morgan fingerprint density at radius 3 is 2.96 bits per heavy atom. The van der Waals surface area contributed by atoms with Crippen LogP contribution < -0.4 is 5.32 Å². The van der Waals surface area contributed by atoms with E-state index in [4.69, 9.17) is 4.42 Å². The lowest BCUT2D eigenvalue weighted by atomic mass is 10.2. The van der Waals surface area contributed by atoms with Gasteiger partial charge in [0.2, 0.25) is 0 Å². The van der Waals surface area contributed by atoms with E-state index in [-0.39, 0.29) is 36.8 Å². The van der Waals surface area contributed by atoms with Crippen LogP contribution in [0.2, 0.25) is 0 Å². The van der Waals surface area contributed by atoms with Crippen LogP contribution in [0.3, 0.4) is 0 Å². The second-order valence-electron chi connectivity index (χ2n) is 5.25. The van der Waals surface area contributed by atoms with Crippen molar-refractivity contribution < 1.29 is 9.21 Å². The molecular weight excluding hydrogens is 357 g/mol. The van der Waals surface area contributed by atoms with Crippen LogP contribution in [-0.4, -0.2) is 42.0 Å². The van der Waals surface area contributed by atoms with Gasteiger partial charge in [-0.1, -0.05) is 0 Å². The van der Waals surface area contributed by atoms with Crippen molar-refractivity contribution in [1.82, 2.24) is 15.2 Å². The molecule has 0 aromatic carbocycles. The molecular formula is C15H21Cl2N3O2S. The molecule has 1 saturated heterocycles. The van der Waals surface area contributed by atoms with Crippen molar-refractivity contribution in [1.29, 1.82) is 0 Å². The van der Waals surface area contributed by atoms with Gasteiger partial charge in [0.1, 0.15) is 5.69 Å². The molecule has 3 heterocycles. The summed E-state index contributed by atoms with van der Waals surface area (Å²) in [6.45, 7) is 3.60. The maximum Gasteiger partial charge on any atom is 0.273 e. The van der Waals surface area contributed by atoms with Gasteiger partial charge in [-0.2, -0.15) is 0 Å². The fourth-order valence-electron chi connectivity index (χ4n) is 2.79. The summed E-state index contributed by atoms with van der Waals surface area (Å²) >= 11 is 1.51. The van der Waals surface area contributed by atoms with Gasteiger partial charge in [0, 0.05) is 24.0 Å². The number of nitrogens with one attached hydrogen (secondary N) is 1. The molecule has 3 rings (SSSR count). The molecule has 0 saturated carbocycles. The third-order valence-electron chi connectivity index (χ3n) is 3.81. The number of halogens is 2. The minimum Gasteiger partial charge on any atom is -0.462 e. The molecule has 0 radical (unpaired) electrons. The SMILES string of the molecule is CNCC1CCCN1C(=O)c1nc(-c2ccco2)sc1C.Cl.Cl. The Balaban J connectivity index is 0.00000132. The summed E-state index contributed by atoms with van der Waals surface area (Å²) in [6.07, 6.45) is 3.74. The van der Waals surface area contributed by atoms with Crippen LogP contribution >= 0.6 is 36.2 Å². The van der Waals surface area contributed by atoms with Crippen LogP contribution in [0.4, 0.5) is 0 Å². The number of amides is 1. The molecule has 2 aromatic heterocycles. The number of likely N-dealkylation sites (tertiary alicyclic amines) is 1. The highest BCUT2D eigenvalue weighted by molar-refractivity contribution is 7.15. The molecule has 1 fully saturated rings. The maximum atomic E-state index is 12.7. The van der Waals surface area contributed by atoms with Crippen molar-refractivity contribution in [2.24, 2.45) is 0 Å². The van der Waals surface area contributed by atoms with E-state index >= 15 is 0 Å². The second-order valence-corrected chi connectivity index (χ2v) is 6.46. The Morgan fingerprint density at radius 2 is 2.30 bits per heavy atom. The number of hydrogen-bond acceptors (Lipinski definition) is 5. The first-order valence-corrected chi connectivity index (χ1v) is 7.99. The van der Waals surface area contributed by atoms with Crippen molar-refractivity contribution in [3.63, 3.8) is 0 Å². The van der Waals surface area contributed by atoms with Gasteiger partial charge in [0.05, 0.1) is 6.26 Å². The van der Waals surface area contributed by atoms with Gasteiger partial charge in [-0.25, -0.2) is 4.98 Å². The minimum atomic E-state index is 0. The number of furan rings is 1. The fourth-order valence-corrected chi connectivity index (χ4v) is 3.66. The summed E-state index contributed by atoms with van der Waals surface area (Å²) in [5, 5.41) is 3.93. The summed E-state index contributed by atoms with van der Waals surface area (Å²) in [5.74, 6) is 0.759. The number of carbonyl (C=O) groups excluding carboxylic acids is 1. The lowest BCUT2D eigenvalue weighted by molar-refractivity contribution is 0.0731. The van der Waals surface area contributed by atoms with Crippen LogP contribution in [0, 0.1) is 6.92 Å². The molecule has 1 aliphatic rings. The average Bonchev–Trinajstić information content (AvgIpc) is 3.17. The van der Waals surface area contributed by atoms with Gasteiger partial charge in [0.25, 0.3) is 5.91 Å². The monoisotopic (exact) mass is 377 g/mol. The number of thiazole rings is 1. The summed E-state index contributed by atoms with van der Waals surface area (Å²) in [7, 11) is 1.92. The molecule has 1 unspecified atom stereocenters. The molecule has 1 amide bonds. The number of likely N-dealkylation sites (N-methyl/N-ethyl adjacent to an activating group) is 1. The largest absolute Gasteiger partial charge is 0.462 e. The van der Waals surface area contributed by atoms with Crippen molar-refractivity contribution in [2.75, 3.05) is 20.1 Å². The van der Waals surface area contributed by atoms with E-state index in [0.29, 0.717) is 5.69 Å². The predicted molar refractivity (Wildman–Crippen MR) is 97.0 cm³/mol. The van der Waals surface area contributed by atoms with E-state index in [1.54, 1.807) is 6.26 Å². The third kappa shape index (κ3) is 4.07. The normalized spacial score (nSPS) is 16.8. The first-order valence-electron chi connectivity index (χ1n) is 7.17. The van der Waals surface area contributed by atoms with E-state index in [1.807, 2.05) is 31.0 Å². The molecule has 0 bridgehead atoms. The smallest absolute Gasteiger partial charge is 0.273 e. The average molecular weight is 378 g/mol. The maximum absolute atomic E-state index is 12.7. The van der Waals surface area contributed by atoms with Gasteiger partial charge < -0.3 is 14.6 Å². The Kier molecular flexibility index (Phi) is 7.54. The fraction of sp³-hybridized carbons (Fsp3) is 0.467. The summed E-state index contributed by atoms with van der Waals surface area (Å²) in [4.78, 5) is 20.1. The molecule has 1 N–H and O–H groups in total. The molecule has 0 spiro atoms. The van der Waals surface area contributed by atoms with Crippen molar-refractivity contribution in [3.8, 4) is 10.8 Å². The molecule has 1 aliphatic heterocycles. The molecule has 0 aliphatic carbocycles.